The molecule has 1 saturated carbocycles. The first-order valence-electron chi connectivity index (χ1n) is 11.0. The molecule has 0 bridgehead atoms. The second kappa shape index (κ2) is 8.34. The van der Waals surface area contributed by atoms with E-state index >= 15 is 0 Å². The zero-order valence-corrected chi connectivity index (χ0v) is 17.1. The van der Waals surface area contributed by atoms with Crippen molar-refractivity contribution in [1.29, 1.82) is 0 Å². The molecule has 7 nitrogen and oxygen atoms in total. The molecule has 1 unspecified atom stereocenters. The number of nitrogens with one attached hydrogen (secondary N) is 3. The van der Waals surface area contributed by atoms with E-state index in [4.69, 9.17) is 0 Å². The maximum atomic E-state index is 12.3. The number of rotatable bonds is 4. The van der Waals surface area contributed by atoms with Crippen LogP contribution in [0.25, 0.3) is 11.0 Å². The van der Waals surface area contributed by atoms with Crippen molar-refractivity contribution < 1.29 is 4.79 Å². The SMILES string of the molecule is O=C(Nc1cccc(C2CCCN(c3ncnc4[nH]ccc34)C2)c1)NC1CCCC1. The van der Waals surface area contributed by atoms with Gasteiger partial charge in [-0.1, -0.05) is 25.0 Å². The number of H-pyrrole nitrogens is 1. The van der Waals surface area contributed by atoms with Crippen LogP contribution in [0.15, 0.2) is 42.9 Å². The summed E-state index contributed by atoms with van der Waals surface area (Å²) in [6.07, 6.45) is 10.4. The Kier molecular flexibility index (Phi) is 5.26. The van der Waals surface area contributed by atoms with Crippen molar-refractivity contribution in [3.05, 3.63) is 48.4 Å². The summed E-state index contributed by atoms with van der Waals surface area (Å²) in [6.45, 7) is 1.91. The fraction of sp³-hybridized carbons (Fsp3) is 0.435. The van der Waals surface area contributed by atoms with Crippen molar-refractivity contribution in [1.82, 2.24) is 20.3 Å². The van der Waals surface area contributed by atoms with E-state index in [1.54, 1.807) is 6.33 Å². The van der Waals surface area contributed by atoms with Gasteiger partial charge in [-0.05, 0) is 49.4 Å². The minimum absolute atomic E-state index is 0.0971. The van der Waals surface area contributed by atoms with Crippen LogP contribution < -0.4 is 15.5 Å². The van der Waals surface area contributed by atoms with E-state index in [0.29, 0.717) is 12.0 Å². The van der Waals surface area contributed by atoms with E-state index in [1.165, 1.54) is 18.4 Å². The molecule has 2 aromatic heterocycles. The van der Waals surface area contributed by atoms with Crippen LogP contribution in [0.3, 0.4) is 0 Å². The standard InChI is InChI=1S/C23H28N6O/c30-23(27-18-7-1-2-8-18)28-19-9-3-5-16(13-19)17-6-4-12-29(14-17)22-20-10-11-24-21(20)25-15-26-22/h3,5,9-11,13,15,17-18H,1-2,4,6-8,12,14H2,(H,24,25,26)(H2,27,28,30). The summed E-state index contributed by atoms with van der Waals surface area (Å²) in [4.78, 5) is 26.8. The summed E-state index contributed by atoms with van der Waals surface area (Å²) in [5.74, 6) is 1.40. The first kappa shape index (κ1) is 18.9. The number of benzene rings is 1. The molecule has 3 heterocycles. The van der Waals surface area contributed by atoms with Gasteiger partial charge in [-0.25, -0.2) is 14.8 Å². The summed E-state index contributed by atoms with van der Waals surface area (Å²) >= 11 is 0. The van der Waals surface area contributed by atoms with E-state index in [1.807, 2.05) is 24.4 Å². The minimum atomic E-state index is -0.0971. The molecule has 1 saturated heterocycles. The van der Waals surface area contributed by atoms with Gasteiger partial charge in [-0.2, -0.15) is 0 Å². The number of piperidine rings is 1. The first-order valence-corrected chi connectivity index (χ1v) is 11.0. The first-order chi connectivity index (χ1) is 14.8. The van der Waals surface area contributed by atoms with Gasteiger partial charge in [0.15, 0.2) is 0 Å². The van der Waals surface area contributed by atoms with Gasteiger partial charge in [-0.3, -0.25) is 0 Å². The van der Waals surface area contributed by atoms with Crippen molar-refractivity contribution in [2.75, 3.05) is 23.3 Å². The number of carbonyl (C=O) groups excluding carboxylic acids is 1. The molecule has 1 atom stereocenters. The molecule has 2 amide bonds. The van der Waals surface area contributed by atoms with Gasteiger partial charge in [0.05, 0.1) is 5.39 Å². The Morgan fingerprint density at radius 3 is 2.90 bits per heavy atom. The van der Waals surface area contributed by atoms with Crippen molar-refractivity contribution in [2.24, 2.45) is 0 Å². The normalized spacial score (nSPS) is 19.9. The molecule has 2 aliphatic rings. The predicted molar refractivity (Wildman–Crippen MR) is 119 cm³/mol. The monoisotopic (exact) mass is 404 g/mol. The maximum absolute atomic E-state index is 12.3. The van der Waals surface area contributed by atoms with E-state index in [9.17, 15) is 4.79 Å². The van der Waals surface area contributed by atoms with Crippen LogP contribution in [0, 0.1) is 0 Å². The van der Waals surface area contributed by atoms with Crippen LogP contribution >= 0.6 is 0 Å². The maximum Gasteiger partial charge on any atom is 0.319 e. The molecule has 156 valence electrons. The lowest BCUT2D eigenvalue weighted by Gasteiger charge is -2.34. The van der Waals surface area contributed by atoms with Gasteiger partial charge >= 0.3 is 6.03 Å². The summed E-state index contributed by atoms with van der Waals surface area (Å²) in [7, 11) is 0. The third kappa shape index (κ3) is 3.97. The highest BCUT2D eigenvalue weighted by Gasteiger charge is 2.24. The average Bonchev–Trinajstić information content (AvgIpc) is 3.45. The summed E-state index contributed by atoms with van der Waals surface area (Å²) < 4.78 is 0. The molecule has 1 aromatic carbocycles. The van der Waals surface area contributed by atoms with Crippen LogP contribution in [-0.2, 0) is 0 Å². The van der Waals surface area contributed by atoms with Crippen LogP contribution in [0.2, 0.25) is 0 Å². The zero-order chi connectivity index (χ0) is 20.3. The summed E-state index contributed by atoms with van der Waals surface area (Å²) in [6, 6.07) is 10.6. The topological polar surface area (TPSA) is 85.9 Å². The Hall–Kier alpha value is -3.09. The molecule has 0 spiro atoms. The van der Waals surface area contributed by atoms with Crippen LogP contribution in [0.1, 0.15) is 50.0 Å². The number of fused-ring (bicyclic) bond motifs is 1. The fourth-order valence-electron chi connectivity index (χ4n) is 4.85. The van der Waals surface area contributed by atoms with E-state index < -0.39 is 0 Å². The number of hydrogen-bond acceptors (Lipinski definition) is 4. The number of carbonyl (C=O) groups is 1. The Bertz CT molecular complexity index is 1030. The molecule has 30 heavy (non-hydrogen) atoms. The zero-order valence-electron chi connectivity index (χ0n) is 17.1. The summed E-state index contributed by atoms with van der Waals surface area (Å²) in [5.41, 5.74) is 2.99. The van der Waals surface area contributed by atoms with Gasteiger partial charge in [0, 0.05) is 36.9 Å². The second-order valence-electron chi connectivity index (χ2n) is 8.43. The minimum Gasteiger partial charge on any atom is -0.355 e. The van der Waals surface area contributed by atoms with Crippen molar-refractivity contribution >= 4 is 28.6 Å². The highest BCUT2D eigenvalue weighted by atomic mass is 16.2. The van der Waals surface area contributed by atoms with Gasteiger partial charge < -0.3 is 20.5 Å². The average molecular weight is 405 g/mol. The van der Waals surface area contributed by atoms with Gasteiger partial charge in [-0.15, -0.1) is 0 Å². The number of nitrogens with zero attached hydrogens (tertiary/aromatic N) is 3. The van der Waals surface area contributed by atoms with Crippen molar-refractivity contribution in [3.8, 4) is 0 Å². The van der Waals surface area contributed by atoms with Crippen LogP contribution in [0.4, 0.5) is 16.3 Å². The third-order valence-electron chi connectivity index (χ3n) is 6.36. The number of hydrogen-bond donors (Lipinski definition) is 3. The molecule has 2 fully saturated rings. The van der Waals surface area contributed by atoms with E-state index in [2.05, 4.69) is 42.6 Å². The molecule has 7 heteroatoms. The Morgan fingerprint density at radius 2 is 2.00 bits per heavy atom. The second-order valence-corrected chi connectivity index (χ2v) is 8.43. The lowest BCUT2D eigenvalue weighted by atomic mass is 9.90. The largest absolute Gasteiger partial charge is 0.355 e. The molecule has 1 aliphatic carbocycles. The lowest BCUT2D eigenvalue weighted by Crippen LogP contribution is -2.36. The van der Waals surface area contributed by atoms with E-state index in [0.717, 1.165) is 61.3 Å². The quantitative estimate of drug-likeness (QED) is 0.601. The number of aromatic amines is 1. The molecule has 1 aliphatic heterocycles. The fourth-order valence-corrected chi connectivity index (χ4v) is 4.85. The van der Waals surface area contributed by atoms with Gasteiger partial charge in [0.2, 0.25) is 0 Å². The third-order valence-corrected chi connectivity index (χ3v) is 6.36. The molecule has 5 rings (SSSR count). The number of anilines is 2. The molecule has 0 radical (unpaired) electrons. The van der Waals surface area contributed by atoms with E-state index in [-0.39, 0.29) is 6.03 Å². The Labute approximate surface area is 176 Å². The molecule has 3 N–H and O–H groups in total. The van der Waals surface area contributed by atoms with Gasteiger partial charge in [0.1, 0.15) is 17.8 Å². The van der Waals surface area contributed by atoms with Gasteiger partial charge in [0.25, 0.3) is 0 Å². The summed E-state index contributed by atoms with van der Waals surface area (Å²) in [5, 5.41) is 7.18. The number of amides is 2. The smallest absolute Gasteiger partial charge is 0.319 e. The number of urea groups is 1. The highest BCUT2D eigenvalue weighted by molar-refractivity contribution is 5.89. The Balaban J connectivity index is 1.29. The molecular formula is C23H28N6O. The van der Waals surface area contributed by atoms with Crippen molar-refractivity contribution in [2.45, 2.75) is 50.5 Å². The Morgan fingerprint density at radius 1 is 1.10 bits per heavy atom. The lowest BCUT2D eigenvalue weighted by molar-refractivity contribution is 0.248. The number of aromatic nitrogens is 3. The molecule has 3 aromatic rings. The molecular weight excluding hydrogens is 376 g/mol. The van der Waals surface area contributed by atoms with Crippen LogP contribution in [0.5, 0.6) is 0 Å². The highest BCUT2D eigenvalue weighted by Crippen LogP contribution is 2.32. The van der Waals surface area contributed by atoms with Crippen molar-refractivity contribution in [3.63, 3.8) is 0 Å². The predicted octanol–water partition coefficient (Wildman–Crippen LogP) is 4.41. The van der Waals surface area contributed by atoms with Crippen LogP contribution in [-0.4, -0.2) is 40.1 Å².